The smallest absolute Gasteiger partial charge is 0.227 e. The van der Waals surface area contributed by atoms with Crippen molar-refractivity contribution < 1.29 is 20.2 Å². The zero-order valence-electron chi connectivity index (χ0n) is 7.75. The largest absolute Gasteiger partial charge is 0.394 e. The molecule has 0 aromatic heterocycles. The Balaban J connectivity index is 4.63. The van der Waals surface area contributed by atoms with Crippen molar-refractivity contribution in [2.45, 2.75) is 18.5 Å². The summed E-state index contributed by atoms with van der Waals surface area (Å²) in [5.74, 6) is 0. The van der Waals surface area contributed by atoms with E-state index in [0.717, 1.165) is 0 Å². The third kappa shape index (κ3) is 3.45. The third-order valence-corrected chi connectivity index (χ3v) is 1.76. The number of nitro groups is 1. The van der Waals surface area contributed by atoms with Gasteiger partial charge in [0.2, 0.25) is 6.54 Å². The highest BCUT2D eigenvalue weighted by molar-refractivity contribution is 6.15. The van der Waals surface area contributed by atoms with E-state index in [0.29, 0.717) is 0 Å². The first kappa shape index (κ1) is 13.1. The van der Waals surface area contributed by atoms with Gasteiger partial charge in [0.1, 0.15) is 14.0 Å². The molecule has 0 saturated carbocycles. The fraction of sp³-hybridized carbons (Fsp3) is 0.714. The molecule has 2 atom stereocenters. The summed E-state index contributed by atoms with van der Waals surface area (Å²) in [7, 11) is 5.10. The van der Waals surface area contributed by atoms with Gasteiger partial charge in [-0.2, -0.15) is 0 Å². The van der Waals surface area contributed by atoms with Gasteiger partial charge in [-0.3, -0.25) is 10.1 Å². The Morgan fingerprint density at radius 1 is 1.79 bits per heavy atom. The lowest BCUT2D eigenvalue weighted by Gasteiger charge is -2.28. The van der Waals surface area contributed by atoms with Gasteiger partial charge in [0.05, 0.1) is 12.1 Å². The van der Waals surface area contributed by atoms with Crippen molar-refractivity contribution in [2.75, 3.05) is 13.2 Å². The zero-order chi connectivity index (χ0) is 11.4. The van der Waals surface area contributed by atoms with Gasteiger partial charge in [-0.25, -0.2) is 0 Å². The lowest BCUT2D eigenvalue weighted by molar-refractivity contribution is -0.472. The number of aliphatic hydroxyl groups excluding tert-OH is 2. The fourth-order valence-electron chi connectivity index (χ4n) is 0.892. The van der Waals surface area contributed by atoms with Gasteiger partial charge in [0, 0.05) is 10.5 Å². The summed E-state index contributed by atoms with van der Waals surface area (Å²) >= 11 is 0. The highest BCUT2D eigenvalue weighted by Crippen LogP contribution is 2.14. The van der Waals surface area contributed by atoms with Gasteiger partial charge in [0.15, 0.2) is 0 Å². The molecule has 7 heteroatoms. The summed E-state index contributed by atoms with van der Waals surface area (Å²) in [5, 5.41) is 37.4. The second kappa shape index (κ2) is 5.09. The van der Waals surface area contributed by atoms with Crippen molar-refractivity contribution >= 4 is 7.85 Å². The zero-order valence-corrected chi connectivity index (χ0v) is 7.75. The average Bonchev–Trinajstić information content (AvgIpc) is 2.12. The molecule has 0 amide bonds. The summed E-state index contributed by atoms with van der Waals surface area (Å²) < 4.78 is 0. The molecule has 78 valence electrons. The molecule has 0 aromatic rings. The molecule has 0 aliphatic rings. The van der Waals surface area contributed by atoms with Gasteiger partial charge in [-0.1, -0.05) is 6.08 Å². The van der Waals surface area contributed by atoms with E-state index < -0.39 is 29.7 Å². The minimum Gasteiger partial charge on any atom is -0.394 e. The van der Waals surface area contributed by atoms with Crippen molar-refractivity contribution in [1.29, 1.82) is 0 Å². The maximum atomic E-state index is 10.2. The van der Waals surface area contributed by atoms with Gasteiger partial charge in [0.25, 0.3) is 0 Å². The second-order valence-electron chi connectivity index (χ2n) is 2.91. The van der Waals surface area contributed by atoms with Crippen LogP contribution in [0.1, 0.15) is 6.92 Å². The van der Waals surface area contributed by atoms with Crippen LogP contribution in [-0.2, 0) is 0 Å². The molecule has 0 heterocycles. The predicted octanol–water partition coefficient (Wildman–Crippen LogP) is -1.58. The lowest BCUT2D eigenvalue weighted by atomic mass is 9.75. The fourth-order valence-corrected chi connectivity index (χ4v) is 0.892. The maximum Gasteiger partial charge on any atom is 0.227 e. The number of aliphatic hydroxyl groups is 3. The minimum atomic E-state index is -2.25. The Hall–Kier alpha value is -0.915. The number of rotatable bonds is 5. The molecular weight excluding hydrogens is 189 g/mol. The quantitative estimate of drug-likeness (QED) is 0.215. The van der Waals surface area contributed by atoms with Crippen LogP contribution in [0.25, 0.3) is 0 Å². The molecule has 3 N–H and O–H groups in total. The maximum absolute atomic E-state index is 10.2. The molecule has 0 spiro atoms. The van der Waals surface area contributed by atoms with E-state index in [-0.39, 0.29) is 5.57 Å². The molecule has 2 unspecified atom stereocenters. The predicted molar refractivity (Wildman–Crippen MR) is 49.4 cm³/mol. The highest BCUT2D eigenvalue weighted by atomic mass is 16.6. The van der Waals surface area contributed by atoms with Crippen LogP contribution in [0.5, 0.6) is 0 Å². The number of allylic oxidation sites excluding steroid dienone is 1. The molecule has 6 nitrogen and oxygen atoms in total. The Labute approximate surface area is 82.4 Å². The Bertz CT molecular complexity index is 240. The van der Waals surface area contributed by atoms with Gasteiger partial charge in [-0.15, -0.1) is 0 Å². The van der Waals surface area contributed by atoms with Crippen LogP contribution >= 0.6 is 0 Å². The highest BCUT2D eigenvalue weighted by Gasteiger charge is 2.33. The van der Waals surface area contributed by atoms with Crippen molar-refractivity contribution in [3.05, 3.63) is 21.8 Å². The van der Waals surface area contributed by atoms with Crippen LogP contribution in [0.2, 0.25) is 0 Å². The SMILES string of the molecule is [B]C(O)(CO)C(O)/C(=C/C)C[N+](=O)[O-]. The minimum absolute atomic E-state index is 0.0472. The van der Waals surface area contributed by atoms with Crippen molar-refractivity contribution in [3.63, 3.8) is 0 Å². The van der Waals surface area contributed by atoms with Crippen molar-refractivity contribution in [2.24, 2.45) is 0 Å². The first-order valence-electron chi connectivity index (χ1n) is 3.92. The van der Waals surface area contributed by atoms with Gasteiger partial charge >= 0.3 is 0 Å². The van der Waals surface area contributed by atoms with E-state index >= 15 is 0 Å². The summed E-state index contributed by atoms with van der Waals surface area (Å²) in [4.78, 5) is 9.50. The van der Waals surface area contributed by atoms with Crippen LogP contribution in [0.3, 0.4) is 0 Å². The molecule has 0 bridgehead atoms. The van der Waals surface area contributed by atoms with E-state index in [1.807, 2.05) is 0 Å². The Morgan fingerprint density at radius 3 is 2.57 bits per heavy atom. The Kier molecular flexibility index (Phi) is 4.75. The average molecular weight is 201 g/mol. The molecule has 0 aliphatic heterocycles. The van der Waals surface area contributed by atoms with Crippen molar-refractivity contribution in [3.8, 4) is 0 Å². The van der Waals surface area contributed by atoms with E-state index in [2.05, 4.69) is 0 Å². The molecule has 0 fully saturated rings. The second-order valence-corrected chi connectivity index (χ2v) is 2.91. The van der Waals surface area contributed by atoms with Crippen LogP contribution < -0.4 is 0 Å². The van der Waals surface area contributed by atoms with Crippen LogP contribution in [-0.4, -0.2) is 52.8 Å². The molecular formula is C7H12BNO5. The monoisotopic (exact) mass is 201 g/mol. The normalized spacial score (nSPS) is 18.7. The lowest BCUT2D eigenvalue weighted by Crippen LogP contribution is -2.48. The molecule has 2 radical (unpaired) electrons. The topological polar surface area (TPSA) is 104 Å². The van der Waals surface area contributed by atoms with Gasteiger partial charge < -0.3 is 15.3 Å². The molecule has 0 aliphatic carbocycles. The van der Waals surface area contributed by atoms with Crippen LogP contribution in [0.15, 0.2) is 11.6 Å². The van der Waals surface area contributed by atoms with Crippen LogP contribution in [0.4, 0.5) is 0 Å². The van der Waals surface area contributed by atoms with Gasteiger partial charge in [-0.05, 0) is 6.92 Å². The summed E-state index contributed by atoms with van der Waals surface area (Å²) in [6.45, 7) is -0.0457. The number of hydrogen-bond acceptors (Lipinski definition) is 5. The molecule has 0 saturated heterocycles. The van der Waals surface area contributed by atoms with E-state index in [1.165, 1.54) is 13.0 Å². The number of hydrogen-bond donors (Lipinski definition) is 3. The molecule has 0 rings (SSSR count). The van der Waals surface area contributed by atoms with E-state index in [4.69, 9.17) is 13.0 Å². The molecule has 0 aromatic carbocycles. The first-order chi connectivity index (χ1) is 6.35. The summed E-state index contributed by atoms with van der Waals surface area (Å²) in [6, 6.07) is 0. The third-order valence-electron chi connectivity index (χ3n) is 1.76. The summed E-state index contributed by atoms with van der Waals surface area (Å²) in [6.07, 6.45) is -0.371. The number of nitrogens with zero attached hydrogens (tertiary/aromatic N) is 1. The van der Waals surface area contributed by atoms with E-state index in [1.54, 1.807) is 0 Å². The first-order valence-corrected chi connectivity index (χ1v) is 3.92. The standard InChI is InChI=1S/C7H12BNO5/c1-2-5(3-9(13)14)6(11)7(8,12)4-10/h2,6,10-12H,3-4H2,1H3/b5-2+. The Morgan fingerprint density at radius 2 is 2.29 bits per heavy atom. The van der Waals surface area contributed by atoms with Crippen molar-refractivity contribution in [1.82, 2.24) is 0 Å². The van der Waals surface area contributed by atoms with Crippen LogP contribution in [0, 0.1) is 10.1 Å². The van der Waals surface area contributed by atoms with E-state index in [9.17, 15) is 20.3 Å². The molecule has 14 heavy (non-hydrogen) atoms. The summed E-state index contributed by atoms with van der Waals surface area (Å²) in [5.41, 5.74) is -2.30.